The Morgan fingerprint density at radius 2 is 2.00 bits per heavy atom. The molecule has 0 heterocycles. The summed E-state index contributed by atoms with van der Waals surface area (Å²) in [6.45, 7) is 3.53. The normalized spacial score (nSPS) is 10.3. The van der Waals surface area contributed by atoms with Gasteiger partial charge in [-0.05, 0) is 37.6 Å². The van der Waals surface area contributed by atoms with Crippen LogP contribution < -0.4 is 10.1 Å². The first kappa shape index (κ1) is 15.2. The average Bonchev–Trinajstić information content (AvgIpc) is 2.45. The summed E-state index contributed by atoms with van der Waals surface area (Å²) in [5, 5.41) is 13.0. The molecular formula is C16H16ClNO3. The van der Waals surface area contributed by atoms with Crippen LogP contribution in [0.5, 0.6) is 11.5 Å². The first-order chi connectivity index (χ1) is 9.93. The van der Waals surface area contributed by atoms with Crippen molar-refractivity contribution in [2.45, 2.75) is 13.8 Å². The molecule has 2 N–H and O–H groups in total. The number of halogens is 1. The molecule has 0 unspecified atom stereocenters. The lowest BCUT2D eigenvalue weighted by Gasteiger charge is -2.13. The first-order valence-electron chi connectivity index (χ1n) is 6.38. The molecule has 0 saturated carbocycles. The minimum absolute atomic E-state index is 0.0851. The van der Waals surface area contributed by atoms with E-state index in [1.807, 2.05) is 6.92 Å². The van der Waals surface area contributed by atoms with Crippen LogP contribution in [0.25, 0.3) is 0 Å². The minimum atomic E-state index is -0.316. The second-order valence-electron chi connectivity index (χ2n) is 4.71. The van der Waals surface area contributed by atoms with E-state index in [-0.39, 0.29) is 11.7 Å². The Kier molecular flexibility index (Phi) is 4.38. The summed E-state index contributed by atoms with van der Waals surface area (Å²) in [5.41, 5.74) is 2.30. The maximum Gasteiger partial charge on any atom is 0.256 e. The highest BCUT2D eigenvalue weighted by Crippen LogP contribution is 2.31. The number of phenolic OH excluding ortho intramolecular Hbond substituents is 1. The number of aryl methyl sites for hydroxylation is 1. The summed E-state index contributed by atoms with van der Waals surface area (Å²) in [4.78, 5) is 12.3. The largest absolute Gasteiger partial charge is 0.508 e. The fourth-order valence-corrected chi connectivity index (χ4v) is 2.14. The molecule has 110 valence electrons. The molecule has 21 heavy (non-hydrogen) atoms. The van der Waals surface area contributed by atoms with E-state index in [9.17, 15) is 9.90 Å². The lowest BCUT2D eigenvalue weighted by atomic mass is 10.1. The number of carbonyl (C=O) groups excluding carboxylic acids is 1. The van der Waals surface area contributed by atoms with Gasteiger partial charge in [-0.1, -0.05) is 17.7 Å². The van der Waals surface area contributed by atoms with Gasteiger partial charge in [0.25, 0.3) is 5.91 Å². The van der Waals surface area contributed by atoms with E-state index in [0.717, 1.165) is 5.56 Å². The quantitative estimate of drug-likeness (QED) is 0.903. The highest BCUT2D eigenvalue weighted by molar-refractivity contribution is 6.31. The number of methoxy groups -OCH3 is 1. The summed E-state index contributed by atoms with van der Waals surface area (Å²) < 4.78 is 5.22. The fraction of sp³-hybridized carbons (Fsp3) is 0.188. The van der Waals surface area contributed by atoms with E-state index >= 15 is 0 Å². The van der Waals surface area contributed by atoms with Crippen molar-refractivity contribution in [1.29, 1.82) is 0 Å². The second kappa shape index (κ2) is 6.06. The van der Waals surface area contributed by atoms with Gasteiger partial charge in [0.15, 0.2) is 0 Å². The van der Waals surface area contributed by atoms with E-state index in [2.05, 4.69) is 5.32 Å². The van der Waals surface area contributed by atoms with Gasteiger partial charge in [-0.2, -0.15) is 0 Å². The van der Waals surface area contributed by atoms with E-state index in [1.54, 1.807) is 37.3 Å². The van der Waals surface area contributed by atoms with Gasteiger partial charge in [-0.15, -0.1) is 0 Å². The zero-order chi connectivity index (χ0) is 15.6. The molecule has 2 aromatic carbocycles. The fourth-order valence-electron chi connectivity index (χ4n) is 1.99. The molecule has 0 saturated heterocycles. The molecule has 0 fully saturated rings. The van der Waals surface area contributed by atoms with Crippen molar-refractivity contribution in [3.05, 3.63) is 52.0 Å². The first-order valence-corrected chi connectivity index (χ1v) is 6.76. The number of hydrogen-bond donors (Lipinski definition) is 2. The second-order valence-corrected chi connectivity index (χ2v) is 5.11. The number of amides is 1. The summed E-state index contributed by atoms with van der Waals surface area (Å²) in [6.07, 6.45) is 0. The number of hydrogen-bond acceptors (Lipinski definition) is 3. The van der Waals surface area contributed by atoms with E-state index in [1.165, 1.54) is 7.11 Å². The SMILES string of the molecule is COc1cc(Cl)c(C)cc1NC(=O)c1cccc(O)c1C. The Balaban J connectivity index is 2.36. The number of anilines is 1. The molecule has 0 bridgehead atoms. The van der Waals surface area contributed by atoms with Crippen LogP contribution in [-0.4, -0.2) is 18.1 Å². The van der Waals surface area contributed by atoms with Gasteiger partial charge in [-0.3, -0.25) is 4.79 Å². The molecule has 0 radical (unpaired) electrons. The highest BCUT2D eigenvalue weighted by atomic mass is 35.5. The van der Waals surface area contributed by atoms with Crippen molar-refractivity contribution < 1.29 is 14.6 Å². The number of phenols is 1. The Bertz CT molecular complexity index is 698. The summed E-state index contributed by atoms with van der Waals surface area (Å²) in [5.74, 6) is 0.252. The monoisotopic (exact) mass is 305 g/mol. The Hall–Kier alpha value is -2.20. The van der Waals surface area contributed by atoms with Crippen LogP contribution in [0.3, 0.4) is 0 Å². The zero-order valence-corrected chi connectivity index (χ0v) is 12.8. The van der Waals surface area contributed by atoms with E-state index in [4.69, 9.17) is 16.3 Å². The minimum Gasteiger partial charge on any atom is -0.508 e. The predicted octanol–water partition coefficient (Wildman–Crippen LogP) is 3.92. The van der Waals surface area contributed by atoms with Crippen molar-refractivity contribution in [1.82, 2.24) is 0 Å². The number of rotatable bonds is 3. The van der Waals surface area contributed by atoms with Crippen LogP contribution in [0, 0.1) is 13.8 Å². The van der Waals surface area contributed by atoms with Crippen LogP contribution in [-0.2, 0) is 0 Å². The van der Waals surface area contributed by atoms with Crippen molar-refractivity contribution in [3.63, 3.8) is 0 Å². The van der Waals surface area contributed by atoms with Gasteiger partial charge in [0.2, 0.25) is 0 Å². The Morgan fingerprint density at radius 3 is 2.67 bits per heavy atom. The lowest BCUT2D eigenvalue weighted by Crippen LogP contribution is -2.14. The van der Waals surface area contributed by atoms with Crippen molar-refractivity contribution in [2.24, 2.45) is 0 Å². The predicted molar refractivity (Wildman–Crippen MR) is 83.5 cm³/mol. The van der Waals surface area contributed by atoms with Crippen LogP contribution in [0.15, 0.2) is 30.3 Å². The van der Waals surface area contributed by atoms with Gasteiger partial charge in [0, 0.05) is 22.2 Å². The van der Waals surface area contributed by atoms with Crippen LogP contribution in [0.4, 0.5) is 5.69 Å². The van der Waals surface area contributed by atoms with Crippen LogP contribution in [0.2, 0.25) is 5.02 Å². The summed E-state index contributed by atoms with van der Waals surface area (Å²) in [6, 6.07) is 8.22. The summed E-state index contributed by atoms with van der Waals surface area (Å²) in [7, 11) is 1.51. The molecular weight excluding hydrogens is 290 g/mol. The molecule has 0 atom stereocenters. The molecule has 0 aliphatic rings. The number of benzene rings is 2. The standard InChI is InChI=1S/C16H16ClNO3/c1-9-7-13(15(21-3)8-12(9)17)18-16(20)11-5-4-6-14(19)10(11)2/h4-8,19H,1-3H3,(H,18,20). The van der Waals surface area contributed by atoms with Crippen molar-refractivity contribution >= 4 is 23.2 Å². The average molecular weight is 306 g/mol. The molecule has 0 aromatic heterocycles. The van der Waals surface area contributed by atoms with E-state index in [0.29, 0.717) is 27.6 Å². The third-order valence-electron chi connectivity index (χ3n) is 3.28. The molecule has 0 spiro atoms. The zero-order valence-electron chi connectivity index (χ0n) is 12.0. The van der Waals surface area contributed by atoms with Gasteiger partial charge >= 0.3 is 0 Å². The molecule has 2 aromatic rings. The molecule has 0 aliphatic heterocycles. The number of ether oxygens (including phenoxy) is 1. The highest BCUT2D eigenvalue weighted by Gasteiger charge is 2.14. The number of aromatic hydroxyl groups is 1. The third-order valence-corrected chi connectivity index (χ3v) is 3.69. The number of nitrogens with one attached hydrogen (secondary N) is 1. The Labute approximate surface area is 128 Å². The maximum atomic E-state index is 12.3. The molecule has 0 aliphatic carbocycles. The van der Waals surface area contributed by atoms with Crippen molar-refractivity contribution in [2.75, 3.05) is 12.4 Å². The summed E-state index contributed by atoms with van der Waals surface area (Å²) >= 11 is 6.04. The molecule has 5 heteroatoms. The topological polar surface area (TPSA) is 58.6 Å². The third kappa shape index (κ3) is 3.11. The molecule has 4 nitrogen and oxygen atoms in total. The van der Waals surface area contributed by atoms with Crippen LogP contribution in [0.1, 0.15) is 21.5 Å². The smallest absolute Gasteiger partial charge is 0.256 e. The van der Waals surface area contributed by atoms with E-state index < -0.39 is 0 Å². The maximum absolute atomic E-state index is 12.3. The van der Waals surface area contributed by atoms with Gasteiger partial charge < -0.3 is 15.2 Å². The van der Waals surface area contributed by atoms with Gasteiger partial charge in [0.1, 0.15) is 11.5 Å². The van der Waals surface area contributed by atoms with Crippen LogP contribution >= 0.6 is 11.6 Å². The van der Waals surface area contributed by atoms with Crippen molar-refractivity contribution in [3.8, 4) is 11.5 Å². The Morgan fingerprint density at radius 1 is 1.29 bits per heavy atom. The van der Waals surface area contributed by atoms with Gasteiger partial charge in [0.05, 0.1) is 12.8 Å². The lowest BCUT2D eigenvalue weighted by molar-refractivity contribution is 0.102. The molecule has 1 amide bonds. The molecule has 2 rings (SSSR count). The van der Waals surface area contributed by atoms with Gasteiger partial charge in [-0.25, -0.2) is 0 Å². The number of carbonyl (C=O) groups is 1.